The van der Waals surface area contributed by atoms with E-state index in [1.165, 1.54) is 0 Å². The molecule has 98 valence electrons. The van der Waals surface area contributed by atoms with Gasteiger partial charge in [-0.3, -0.25) is 4.79 Å². The van der Waals surface area contributed by atoms with Gasteiger partial charge in [-0.05, 0) is 30.7 Å². The molecule has 4 nitrogen and oxygen atoms in total. The summed E-state index contributed by atoms with van der Waals surface area (Å²) in [4.78, 5) is 15.7. The number of nitrogens with two attached hydrogens (primary N) is 1. The zero-order valence-corrected chi connectivity index (χ0v) is 10.6. The summed E-state index contributed by atoms with van der Waals surface area (Å²) in [6.45, 7) is 4.30. The molecule has 0 saturated heterocycles. The summed E-state index contributed by atoms with van der Waals surface area (Å²) < 4.78 is 13.1. The second-order valence-electron chi connectivity index (χ2n) is 5.08. The third-order valence-corrected chi connectivity index (χ3v) is 3.91. The molecule has 3 N–H and O–H groups in total. The Morgan fingerprint density at radius 2 is 2.22 bits per heavy atom. The van der Waals surface area contributed by atoms with Crippen LogP contribution in [0.5, 0.6) is 0 Å². The molecule has 1 amide bonds. The molecule has 3 atom stereocenters. The molecule has 1 saturated carbocycles. The van der Waals surface area contributed by atoms with Crippen LogP contribution >= 0.6 is 0 Å². The normalized spacial score (nSPS) is 27.2. The fourth-order valence-corrected chi connectivity index (χ4v) is 2.45. The number of nitrogen functional groups attached to an aromatic ring is 1. The van der Waals surface area contributed by atoms with Gasteiger partial charge in [0, 0.05) is 6.04 Å². The fourth-order valence-electron chi connectivity index (χ4n) is 2.45. The van der Waals surface area contributed by atoms with Crippen molar-refractivity contribution in [3.8, 4) is 0 Å². The molecule has 1 aliphatic rings. The van der Waals surface area contributed by atoms with Gasteiger partial charge >= 0.3 is 0 Å². The largest absolute Gasteiger partial charge is 0.383 e. The van der Waals surface area contributed by atoms with Crippen LogP contribution in [0.15, 0.2) is 12.3 Å². The minimum atomic E-state index is -0.554. The quantitative estimate of drug-likeness (QED) is 0.844. The number of hydrogen-bond acceptors (Lipinski definition) is 3. The summed E-state index contributed by atoms with van der Waals surface area (Å²) in [5.74, 6) is 0.190. The van der Waals surface area contributed by atoms with Gasteiger partial charge in [0.15, 0.2) is 0 Å². The van der Waals surface area contributed by atoms with Crippen molar-refractivity contribution >= 4 is 11.7 Å². The highest BCUT2D eigenvalue weighted by molar-refractivity contribution is 5.98. The first kappa shape index (κ1) is 12.8. The molecule has 2 rings (SSSR count). The predicted octanol–water partition coefficient (Wildman–Crippen LogP) is 1.97. The van der Waals surface area contributed by atoms with Crippen LogP contribution in [-0.2, 0) is 0 Å². The van der Waals surface area contributed by atoms with Gasteiger partial charge in [0.25, 0.3) is 5.91 Å². The van der Waals surface area contributed by atoms with Crippen LogP contribution in [0.1, 0.15) is 37.0 Å². The number of hydrogen-bond donors (Lipinski definition) is 2. The van der Waals surface area contributed by atoms with Crippen LogP contribution in [0.4, 0.5) is 10.2 Å². The topological polar surface area (TPSA) is 68.0 Å². The SMILES string of the molecule is CC1CCC(NC(=O)c2cc(F)cnc2N)C1C. The number of halogens is 1. The number of rotatable bonds is 2. The molecule has 5 heteroatoms. The average molecular weight is 251 g/mol. The summed E-state index contributed by atoms with van der Waals surface area (Å²) in [5, 5.41) is 2.92. The molecule has 1 fully saturated rings. The maximum Gasteiger partial charge on any atom is 0.255 e. The summed E-state index contributed by atoms with van der Waals surface area (Å²) in [6, 6.07) is 1.26. The molecule has 0 aliphatic heterocycles. The second kappa shape index (κ2) is 4.92. The standard InChI is InChI=1S/C13H18FN3O/c1-7-3-4-11(8(7)2)17-13(18)10-5-9(14)6-16-12(10)15/h5-8,11H,3-4H2,1-2H3,(H2,15,16)(H,17,18). The lowest BCUT2D eigenvalue weighted by Gasteiger charge is -2.19. The van der Waals surface area contributed by atoms with E-state index < -0.39 is 5.82 Å². The van der Waals surface area contributed by atoms with Crippen LogP contribution < -0.4 is 11.1 Å². The summed E-state index contributed by atoms with van der Waals surface area (Å²) in [7, 11) is 0. The van der Waals surface area contributed by atoms with E-state index >= 15 is 0 Å². The number of carbonyl (C=O) groups is 1. The maximum atomic E-state index is 13.1. The van der Waals surface area contributed by atoms with Gasteiger partial charge in [-0.2, -0.15) is 0 Å². The summed E-state index contributed by atoms with van der Waals surface area (Å²) in [6.07, 6.45) is 3.06. The zero-order valence-electron chi connectivity index (χ0n) is 10.6. The van der Waals surface area contributed by atoms with Gasteiger partial charge < -0.3 is 11.1 Å². The van der Waals surface area contributed by atoms with Crippen molar-refractivity contribution in [1.29, 1.82) is 0 Å². The number of nitrogens with one attached hydrogen (secondary N) is 1. The number of anilines is 1. The molecule has 0 aromatic carbocycles. The third-order valence-electron chi connectivity index (χ3n) is 3.91. The van der Waals surface area contributed by atoms with Crippen LogP contribution in [0.2, 0.25) is 0 Å². The fraction of sp³-hybridized carbons (Fsp3) is 0.538. The minimum Gasteiger partial charge on any atom is -0.383 e. The van der Waals surface area contributed by atoms with Crippen molar-refractivity contribution in [3.63, 3.8) is 0 Å². The highest BCUT2D eigenvalue weighted by Crippen LogP contribution is 2.31. The molecule has 1 aromatic heterocycles. The number of pyridine rings is 1. The number of nitrogens with zero attached hydrogens (tertiary/aromatic N) is 1. The van der Waals surface area contributed by atoms with Gasteiger partial charge in [-0.25, -0.2) is 9.37 Å². The molecule has 18 heavy (non-hydrogen) atoms. The molecule has 3 unspecified atom stereocenters. The van der Waals surface area contributed by atoms with E-state index in [2.05, 4.69) is 24.1 Å². The Hall–Kier alpha value is -1.65. The van der Waals surface area contributed by atoms with Crippen molar-refractivity contribution in [2.75, 3.05) is 5.73 Å². The summed E-state index contributed by atoms with van der Waals surface area (Å²) >= 11 is 0. The Kier molecular flexibility index (Phi) is 3.50. The number of carbonyl (C=O) groups excluding carboxylic acids is 1. The minimum absolute atomic E-state index is 0.0626. The average Bonchev–Trinajstić information content (AvgIpc) is 2.64. The van der Waals surface area contributed by atoms with Gasteiger partial charge in [-0.1, -0.05) is 13.8 Å². The second-order valence-corrected chi connectivity index (χ2v) is 5.08. The smallest absolute Gasteiger partial charge is 0.255 e. The van der Waals surface area contributed by atoms with Crippen molar-refractivity contribution < 1.29 is 9.18 Å². The van der Waals surface area contributed by atoms with Crippen molar-refractivity contribution in [3.05, 3.63) is 23.6 Å². The lowest BCUT2D eigenvalue weighted by Crippen LogP contribution is -2.37. The molecular weight excluding hydrogens is 233 g/mol. The molecule has 0 radical (unpaired) electrons. The van der Waals surface area contributed by atoms with Crippen LogP contribution in [0.3, 0.4) is 0 Å². The van der Waals surface area contributed by atoms with Crippen molar-refractivity contribution in [1.82, 2.24) is 10.3 Å². The third kappa shape index (κ3) is 2.44. The van der Waals surface area contributed by atoms with E-state index in [-0.39, 0.29) is 23.3 Å². The van der Waals surface area contributed by atoms with Crippen molar-refractivity contribution in [2.24, 2.45) is 11.8 Å². The van der Waals surface area contributed by atoms with Gasteiger partial charge in [-0.15, -0.1) is 0 Å². The van der Waals surface area contributed by atoms with E-state index in [0.717, 1.165) is 25.1 Å². The van der Waals surface area contributed by atoms with Crippen LogP contribution in [0, 0.1) is 17.7 Å². The number of aromatic nitrogens is 1. The first-order valence-corrected chi connectivity index (χ1v) is 6.21. The summed E-state index contributed by atoms with van der Waals surface area (Å²) in [5.41, 5.74) is 5.70. The first-order chi connectivity index (χ1) is 8.49. The maximum absolute atomic E-state index is 13.1. The number of amides is 1. The Morgan fingerprint density at radius 3 is 2.83 bits per heavy atom. The van der Waals surface area contributed by atoms with E-state index in [1.807, 2.05) is 0 Å². The Morgan fingerprint density at radius 1 is 1.50 bits per heavy atom. The Balaban J connectivity index is 2.10. The van der Waals surface area contributed by atoms with E-state index in [0.29, 0.717) is 11.8 Å². The molecule has 1 heterocycles. The molecule has 1 aliphatic carbocycles. The van der Waals surface area contributed by atoms with E-state index in [4.69, 9.17) is 5.73 Å². The lowest BCUT2D eigenvalue weighted by molar-refractivity contribution is 0.0927. The van der Waals surface area contributed by atoms with Gasteiger partial charge in [0.05, 0.1) is 11.8 Å². The monoisotopic (exact) mass is 251 g/mol. The zero-order chi connectivity index (χ0) is 13.3. The predicted molar refractivity (Wildman–Crippen MR) is 67.4 cm³/mol. The Labute approximate surface area is 106 Å². The first-order valence-electron chi connectivity index (χ1n) is 6.21. The molecule has 1 aromatic rings. The highest BCUT2D eigenvalue weighted by Gasteiger charge is 2.31. The van der Waals surface area contributed by atoms with Gasteiger partial charge in [0.1, 0.15) is 11.6 Å². The van der Waals surface area contributed by atoms with E-state index in [1.54, 1.807) is 0 Å². The van der Waals surface area contributed by atoms with Crippen molar-refractivity contribution in [2.45, 2.75) is 32.7 Å². The Bertz CT molecular complexity index is 464. The molecule has 0 bridgehead atoms. The van der Waals surface area contributed by atoms with Crippen LogP contribution in [-0.4, -0.2) is 16.9 Å². The van der Waals surface area contributed by atoms with Crippen LogP contribution in [0.25, 0.3) is 0 Å². The highest BCUT2D eigenvalue weighted by atomic mass is 19.1. The van der Waals surface area contributed by atoms with E-state index in [9.17, 15) is 9.18 Å². The van der Waals surface area contributed by atoms with Gasteiger partial charge in [0.2, 0.25) is 0 Å². The molecular formula is C13H18FN3O. The molecule has 0 spiro atoms. The lowest BCUT2D eigenvalue weighted by atomic mass is 9.97.